The molecule has 76 valence electrons. The van der Waals surface area contributed by atoms with Crippen LogP contribution in [-0.4, -0.2) is 40.7 Å². The molecule has 1 unspecified atom stereocenters. The van der Waals surface area contributed by atoms with E-state index in [9.17, 15) is 0 Å². The third-order valence-corrected chi connectivity index (χ3v) is 2.78. The number of hydrogen-bond donors (Lipinski definition) is 2. The Morgan fingerprint density at radius 2 is 2.38 bits per heavy atom. The van der Waals surface area contributed by atoms with Gasteiger partial charge in [0.2, 0.25) is 0 Å². The van der Waals surface area contributed by atoms with Gasteiger partial charge in [0, 0.05) is 6.04 Å². The molecule has 1 rings (SSSR count). The monoisotopic (exact) mass is 202 g/mol. The minimum Gasteiger partial charge on any atom is -0.395 e. The topological polar surface area (TPSA) is 49.5 Å². The first-order valence-electron chi connectivity index (χ1n) is 4.87. The first-order valence-corrected chi connectivity index (χ1v) is 5.28. The van der Waals surface area contributed by atoms with Crippen LogP contribution in [0.4, 0.5) is 0 Å². The fraction of sp³-hybridized carbons (Fsp3) is 0.889. The molecule has 0 aliphatic carbocycles. The number of aliphatic hydroxyl groups excluding tert-OH is 1. The van der Waals surface area contributed by atoms with Crippen molar-refractivity contribution in [2.45, 2.75) is 31.7 Å². The molecule has 0 saturated carbocycles. The van der Waals surface area contributed by atoms with Gasteiger partial charge in [-0.25, -0.2) is 0 Å². The maximum absolute atomic E-state index is 9.05. The summed E-state index contributed by atoms with van der Waals surface area (Å²) in [6, 6.07) is 0.381. The highest BCUT2D eigenvalue weighted by Crippen LogP contribution is 2.16. The summed E-state index contributed by atoms with van der Waals surface area (Å²) in [6.45, 7) is 2.41. The van der Waals surface area contributed by atoms with Gasteiger partial charge in [-0.15, -0.1) is 0 Å². The first kappa shape index (κ1) is 10.9. The molecule has 1 fully saturated rings. The lowest BCUT2D eigenvalue weighted by molar-refractivity contribution is 0.158. The van der Waals surface area contributed by atoms with E-state index in [0.29, 0.717) is 11.0 Å². The lowest BCUT2D eigenvalue weighted by atomic mass is 10.2. The second kappa shape index (κ2) is 5.52. The number of nitrogens with zero attached hydrogens (tertiary/aromatic N) is 1. The largest absolute Gasteiger partial charge is 0.395 e. The Labute approximate surface area is 84.9 Å². The predicted molar refractivity (Wildman–Crippen MR) is 57.7 cm³/mol. The molecule has 13 heavy (non-hydrogen) atoms. The van der Waals surface area contributed by atoms with Crippen LogP contribution in [0.5, 0.6) is 0 Å². The highest BCUT2D eigenvalue weighted by molar-refractivity contribution is 7.80. The van der Waals surface area contributed by atoms with Crippen molar-refractivity contribution in [2.24, 2.45) is 5.73 Å². The van der Waals surface area contributed by atoms with Gasteiger partial charge in [0.15, 0.2) is 0 Å². The molecule has 3 N–H and O–H groups in total. The van der Waals surface area contributed by atoms with Crippen molar-refractivity contribution in [3.63, 3.8) is 0 Å². The molecular weight excluding hydrogens is 184 g/mol. The minimum absolute atomic E-state index is 0.285. The molecule has 0 spiro atoms. The van der Waals surface area contributed by atoms with Gasteiger partial charge < -0.3 is 10.8 Å². The first-order chi connectivity index (χ1) is 6.24. The van der Waals surface area contributed by atoms with Crippen molar-refractivity contribution in [3.8, 4) is 0 Å². The number of likely N-dealkylation sites (tertiary alicyclic amines) is 1. The molecule has 0 bridgehead atoms. The molecule has 0 aromatic rings. The Morgan fingerprint density at radius 1 is 1.62 bits per heavy atom. The van der Waals surface area contributed by atoms with Crippen LogP contribution in [0, 0.1) is 0 Å². The molecule has 0 aromatic carbocycles. The van der Waals surface area contributed by atoms with Crippen LogP contribution in [0.1, 0.15) is 25.7 Å². The van der Waals surface area contributed by atoms with E-state index in [2.05, 4.69) is 4.90 Å². The number of thiocarbonyl (C=S) groups is 1. The zero-order valence-corrected chi connectivity index (χ0v) is 8.72. The molecule has 4 heteroatoms. The molecule has 1 aliphatic heterocycles. The number of hydrogen-bond acceptors (Lipinski definition) is 3. The average molecular weight is 202 g/mol. The van der Waals surface area contributed by atoms with E-state index in [-0.39, 0.29) is 6.61 Å². The summed E-state index contributed by atoms with van der Waals surface area (Å²) in [7, 11) is 0. The van der Waals surface area contributed by atoms with Gasteiger partial charge in [-0.1, -0.05) is 12.2 Å². The summed E-state index contributed by atoms with van der Waals surface area (Å²) in [4.78, 5) is 2.93. The third-order valence-electron chi connectivity index (χ3n) is 2.58. The van der Waals surface area contributed by atoms with Crippen LogP contribution < -0.4 is 5.73 Å². The number of aliphatic hydroxyl groups is 1. The van der Waals surface area contributed by atoms with Gasteiger partial charge in [-0.05, 0) is 38.8 Å². The maximum atomic E-state index is 9.05. The molecule has 1 saturated heterocycles. The molecular formula is C9H18N2OS. The Morgan fingerprint density at radius 3 is 3.00 bits per heavy atom. The van der Waals surface area contributed by atoms with Crippen molar-refractivity contribution >= 4 is 17.2 Å². The van der Waals surface area contributed by atoms with Crippen molar-refractivity contribution < 1.29 is 5.11 Å². The van der Waals surface area contributed by atoms with Crippen LogP contribution in [0.3, 0.4) is 0 Å². The van der Waals surface area contributed by atoms with Gasteiger partial charge in [0.25, 0.3) is 0 Å². The third kappa shape index (κ3) is 3.58. The average Bonchev–Trinajstić information content (AvgIpc) is 2.51. The quantitative estimate of drug-likeness (QED) is 0.638. The Balaban J connectivity index is 2.16. The normalized spacial score (nSPS) is 23.6. The Hall–Kier alpha value is -0.190. The van der Waals surface area contributed by atoms with Gasteiger partial charge in [0.05, 0.1) is 11.6 Å². The van der Waals surface area contributed by atoms with Gasteiger partial charge >= 0.3 is 0 Å². The summed E-state index contributed by atoms with van der Waals surface area (Å²) in [6.07, 6.45) is 4.18. The van der Waals surface area contributed by atoms with Crippen molar-refractivity contribution in [3.05, 3.63) is 0 Å². The van der Waals surface area contributed by atoms with Crippen LogP contribution in [-0.2, 0) is 0 Å². The Kier molecular flexibility index (Phi) is 4.62. The smallest absolute Gasteiger partial charge is 0.0727 e. The fourth-order valence-electron chi connectivity index (χ4n) is 1.85. The van der Waals surface area contributed by atoms with Crippen molar-refractivity contribution in [2.75, 3.05) is 19.7 Å². The van der Waals surface area contributed by atoms with E-state index in [1.165, 1.54) is 6.42 Å². The second-order valence-electron chi connectivity index (χ2n) is 3.58. The van der Waals surface area contributed by atoms with Gasteiger partial charge in [-0.3, -0.25) is 4.90 Å². The van der Waals surface area contributed by atoms with E-state index < -0.39 is 0 Å². The van der Waals surface area contributed by atoms with Crippen molar-refractivity contribution in [1.29, 1.82) is 0 Å². The molecule has 1 aliphatic rings. The molecule has 3 nitrogen and oxygen atoms in total. The second-order valence-corrected chi connectivity index (χ2v) is 4.11. The van der Waals surface area contributed by atoms with Crippen molar-refractivity contribution in [1.82, 2.24) is 4.90 Å². The molecule has 0 radical (unpaired) electrons. The lowest BCUT2D eigenvalue weighted by Crippen LogP contribution is -2.33. The van der Waals surface area contributed by atoms with E-state index in [0.717, 1.165) is 32.4 Å². The van der Waals surface area contributed by atoms with Crippen LogP contribution in [0.25, 0.3) is 0 Å². The van der Waals surface area contributed by atoms with Gasteiger partial charge in [-0.2, -0.15) is 0 Å². The van der Waals surface area contributed by atoms with Crippen LogP contribution in [0.15, 0.2) is 0 Å². The molecule has 0 aromatic heterocycles. The molecule has 0 amide bonds. The maximum Gasteiger partial charge on any atom is 0.0727 e. The molecule has 1 heterocycles. The van der Waals surface area contributed by atoms with Crippen LogP contribution >= 0.6 is 12.2 Å². The highest BCUT2D eigenvalue weighted by Gasteiger charge is 2.22. The Bertz CT molecular complexity index is 175. The lowest BCUT2D eigenvalue weighted by Gasteiger charge is -2.22. The van der Waals surface area contributed by atoms with E-state index >= 15 is 0 Å². The van der Waals surface area contributed by atoms with E-state index in [1.807, 2.05) is 0 Å². The fourth-order valence-corrected chi connectivity index (χ4v) is 2.00. The summed E-state index contributed by atoms with van der Waals surface area (Å²) < 4.78 is 0. The summed E-state index contributed by atoms with van der Waals surface area (Å²) >= 11 is 4.80. The summed E-state index contributed by atoms with van der Waals surface area (Å²) in [5.41, 5.74) is 5.41. The SMILES string of the molecule is NC(=S)CCCN1CCCC1CO. The molecule has 1 atom stereocenters. The summed E-state index contributed by atoms with van der Waals surface area (Å²) in [5, 5.41) is 9.05. The zero-order valence-electron chi connectivity index (χ0n) is 7.91. The minimum atomic E-state index is 0.285. The standard InChI is InChI=1S/C9H18N2OS/c10-9(13)4-2-6-11-5-1-3-8(11)7-12/h8,12H,1-7H2,(H2,10,13). The number of nitrogens with two attached hydrogens (primary N) is 1. The van der Waals surface area contributed by atoms with E-state index in [1.54, 1.807) is 0 Å². The highest BCUT2D eigenvalue weighted by atomic mass is 32.1. The number of rotatable bonds is 5. The van der Waals surface area contributed by atoms with E-state index in [4.69, 9.17) is 23.1 Å². The summed E-state index contributed by atoms with van der Waals surface area (Å²) in [5.74, 6) is 0. The van der Waals surface area contributed by atoms with Crippen LogP contribution in [0.2, 0.25) is 0 Å². The predicted octanol–water partition coefficient (Wildman–Crippen LogP) is 0.509. The van der Waals surface area contributed by atoms with Gasteiger partial charge in [0.1, 0.15) is 0 Å². The zero-order chi connectivity index (χ0) is 9.68.